The highest BCUT2D eigenvalue weighted by molar-refractivity contribution is 5.66. The predicted molar refractivity (Wildman–Crippen MR) is 110 cm³/mol. The first-order valence-corrected chi connectivity index (χ1v) is 11.1. The van der Waals surface area contributed by atoms with Crippen LogP contribution in [0.4, 0.5) is 0 Å². The molecule has 2 nitrogen and oxygen atoms in total. The minimum atomic E-state index is -1.73. The molecule has 0 aliphatic carbocycles. The monoisotopic (exact) mass is 357 g/mol. The van der Waals surface area contributed by atoms with Crippen molar-refractivity contribution in [2.75, 3.05) is 0 Å². The molecule has 0 amide bonds. The molecule has 0 saturated heterocycles. The second kappa shape index (κ2) is 21.5. The molecule has 0 radical (unpaired) electrons. The van der Waals surface area contributed by atoms with E-state index < -0.39 is 12.8 Å². The van der Waals surface area contributed by atoms with Crippen LogP contribution in [-0.4, -0.2) is 11.1 Å². The van der Waals surface area contributed by atoms with Gasteiger partial charge in [-0.25, -0.2) is 0 Å². The number of carboxylic acids is 1. The van der Waals surface area contributed by atoms with Crippen molar-refractivity contribution in [1.29, 1.82) is 0 Å². The van der Waals surface area contributed by atoms with Gasteiger partial charge >= 0.3 is 5.97 Å². The van der Waals surface area contributed by atoms with E-state index in [0.717, 1.165) is 25.7 Å². The quantitative estimate of drug-likeness (QED) is 0.210. The van der Waals surface area contributed by atoms with Crippen LogP contribution in [-0.2, 0) is 4.79 Å². The Kier molecular flexibility index (Phi) is 16.6. The van der Waals surface area contributed by atoms with E-state index in [1.165, 1.54) is 96.3 Å². The van der Waals surface area contributed by atoms with Gasteiger partial charge in [0, 0.05) is 10.5 Å². The molecule has 150 valence electrons. The molecular formula is C23H46O2. The van der Waals surface area contributed by atoms with E-state index in [0.29, 0.717) is 12.8 Å². The molecule has 0 bridgehead atoms. The summed E-state index contributed by atoms with van der Waals surface area (Å²) in [7, 11) is 0. The van der Waals surface area contributed by atoms with Gasteiger partial charge in [0.2, 0.25) is 0 Å². The molecule has 0 aliphatic heterocycles. The molecule has 0 aromatic carbocycles. The first kappa shape index (κ1) is 19.2. The summed E-state index contributed by atoms with van der Waals surface area (Å²) in [6, 6.07) is 0. The molecule has 0 saturated carbocycles. The van der Waals surface area contributed by atoms with Crippen LogP contribution in [0, 0.1) is 0 Å². The van der Waals surface area contributed by atoms with Crippen LogP contribution in [0.25, 0.3) is 0 Å². The average Bonchev–Trinajstić information content (AvgIpc) is 2.61. The van der Waals surface area contributed by atoms with Crippen molar-refractivity contribution in [3.8, 4) is 0 Å². The number of hydrogen-bond donors (Lipinski definition) is 1. The summed E-state index contributed by atoms with van der Waals surface area (Å²) in [6.07, 6.45) is 24.3. The van der Waals surface area contributed by atoms with E-state index in [1.54, 1.807) is 0 Å². The summed E-state index contributed by atoms with van der Waals surface area (Å²) in [6.45, 7) is -1.73. The third-order valence-corrected chi connectivity index (χ3v) is 5.07. The largest absolute Gasteiger partial charge is 0.481 e. The predicted octanol–water partition coefficient (Wildman–Crippen LogP) is 8.28. The average molecular weight is 358 g/mol. The van der Waals surface area contributed by atoms with Crippen LogP contribution in [0.3, 0.4) is 0 Å². The molecule has 0 aromatic rings. The molecule has 0 aromatic heterocycles. The topological polar surface area (TPSA) is 37.3 Å². The Hall–Kier alpha value is -0.530. The first-order chi connectivity index (χ1) is 13.4. The summed E-state index contributed by atoms with van der Waals surface area (Å²) in [4.78, 5) is 10.4. The Morgan fingerprint density at radius 1 is 0.560 bits per heavy atom. The van der Waals surface area contributed by atoms with Gasteiger partial charge in [-0.05, 0) is 6.42 Å². The second-order valence-electron chi connectivity index (χ2n) is 7.61. The van der Waals surface area contributed by atoms with Crippen LogP contribution in [0.5, 0.6) is 0 Å². The van der Waals surface area contributed by atoms with E-state index in [1.807, 2.05) is 0 Å². The fourth-order valence-corrected chi connectivity index (χ4v) is 3.41. The number of hydrogen-bond acceptors (Lipinski definition) is 1. The van der Waals surface area contributed by atoms with Crippen LogP contribution >= 0.6 is 0 Å². The number of carboxylic acid groups (broad SMARTS) is 1. The molecule has 0 aliphatic rings. The summed E-state index contributed by atoms with van der Waals surface area (Å²) < 4.78 is 21.5. The van der Waals surface area contributed by atoms with Gasteiger partial charge < -0.3 is 5.11 Å². The lowest BCUT2D eigenvalue weighted by molar-refractivity contribution is -0.137. The van der Waals surface area contributed by atoms with Crippen molar-refractivity contribution >= 4 is 5.97 Å². The van der Waals surface area contributed by atoms with Gasteiger partial charge in [-0.15, -0.1) is 0 Å². The molecule has 0 atom stereocenters. The van der Waals surface area contributed by atoms with Crippen LogP contribution in [0.1, 0.15) is 146 Å². The van der Waals surface area contributed by atoms with Gasteiger partial charge in [0.25, 0.3) is 0 Å². The summed E-state index contributed by atoms with van der Waals surface area (Å²) in [5, 5.41) is 8.57. The Morgan fingerprint density at radius 3 is 1.12 bits per heavy atom. The zero-order valence-electron chi connectivity index (χ0n) is 19.7. The lowest BCUT2D eigenvalue weighted by Crippen LogP contribution is -1.93. The van der Waals surface area contributed by atoms with Crippen molar-refractivity contribution < 1.29 is 14.0 Å². The van der Waals surface area contributed by atoms with Crippen LogP contribution in [0.15, 0.2) is 0 Å². The minimum Gasteiger partial charge on any atom is -0.481 e. The standard InChI is InChI=1S/C23H46O2/c1-2-3-4-5-6-7-8-9-10-11-12-13-14-15-16-17-18-19-20-21-22-23(24)25/h2-22H2,1H3,(H,24,25)/i1D3. The van der Waals surface area contributed by atoms with Crippen molar-refractivity contribution in [1.82, 2.24) is 0 Å². The van der Waals surface area contributed by atoms with E-state index in [4.69, 9.17) is 9.22 Å². The maximum Gasteiger partial charge on any atom is 0.303 e. The van der Waals surface area contributed by atoms with Gasteiger partial charge in [0.1, 0.15) is 0 Å². The number of carbonyl (C=O) groups is 1. The van der Waals surface area contributed by atoms with E-state index >= 15 is 0 Å². The lowest BCUT2D eigenvalue weighted by Gasteiger charge is -2.04. The number of unbranched alkanes of at least 4 members (excludes halogenated alkanes) is 18. The zero-order chi connectivity index (χ0) is 20.9. The van der Waals surface area contributed by atoms with Gasteiger partial charge in [0.05, 0.1) is 0 Å². The first-order valence-electron chi connectivity index (χ1n) is 12.6. The highest BCUT2D eigenvalue weighted by atomic mass is 16.4. The molecule has 0 rings (SSSR count). The highest BCUT2D eigenvalue weighted by Gasteiger charge is 1.97. The van der Waals surface area contributed by atoms with E-state index in [2.05, 4.69) is 0 Å². The summed E-state index contributed by atoms with van der Waals surface area (Å²) in [5.74, 6) is -0.666. The zero-order valence-corrected chi connectivity index (χ0v) is 16.7. The Bertz CT molecular complexity index is 343. The van der Waals surface area contributed by atoms with Crippen LogP contribution < -0.4 is 0 Å². The third-order valence-electron chi connectivity index (χ3n) is 5.07. The third kappa shape index (κ3) is 23.5. The normalized spacial score (nSPS) is 13.4. The van der Waals surface area contributed by atoms with Gasteiger partial charge in [-0.2, -0.15) is 0 Å². The molecule has 2 heteroatoms. The number of rotatable bonds is 21. The number of aliphatic carboxylic acids is 1. The molecule has 0 unspecified atom stereocenters. The Labute approximate surface area is 162 Å². The molecule has 0 spiro atoms. The molecule has 25 heavy (non-hydrogen) atoms. The fourth-order valence-electron chi connectivity index (χ4n) is 3.41. The molecule has 1 N–H and O–H groups in total. The van der Waals surface area contributed by atoms with Gasteiger partial charge in [0.15, 0.2) is 0 Å². The van der Waals surface area contributed by atoms with E-state index in [-0.39, 0.29) is 0 Å². The second-order valence-corrected chi connectivity index (χ2v) is 7.61. The molecule has 0 fully saturated rings. The highest BCUT2D eigenvalue weighted by Crippen LogP contribution is 2.14. The maximum absolute atomic E-state index is 10.4. The van der Waals surface area contributed by atoms with E-state index in [9.17, 15) is 4.79 Å². The smallest absolute Gasteiger partial charge is 0.303 e. The molecular weight excluding hydrogens is 308 g/mol. The SMILES string of the molecule is [2H]C([2H])([2H])CCCCCCCCCCCCCCCCCCCCCC(=O)O. The van der Waals surface area contributed by atoms with Crippen molar-refractivity contribution in [3.05, 3.63) is 0 Å². The summed E-state index contributed by atoms with van der Waals surface area (Å²) >= 11 is 0. The Morgan fingerprint density at radius 2 is 0.840 bits per heavy atom. The minimum absolute atomic E-state index is 0.328. The maximum atomic E-state index is 10.4. The van der Waals surface area contributed by atoms with Gasteiger partial charge in [-0.3, -0.25) is 4.79 Å². The van der Waals surface area contributed by atoms with Crippen molar-refractivity contribution in [2.45, 2.75) is 142 Å². The van der Waals surface area contributed by atoms with Crippen molar-refractivity contribution in [3.63, 3.8) is 0 Å². The summed E-state index contributed by atoms with van der Waals surface area (Å²) in [5.41, 5.74) is 0. The van der Waals surface area contributed by atoms with Crippen LogP contribution in [0.2, 0.25) is 0 Å². The fraction of sp³-hybridized carbons (Fsp3) is 0.957. The Balaban J connectivity index is 3.04. The molecule has 0 heterocycles. The lowest BCUT2D eigenvalue weighted by atomic mass is 10.0. The van der Waals surface area contributed by atoms with Gasteiger partial charge in [-0.1, -0.05) is 129 Å². The van der Waals surface area contributed by atoms with Crippen molar-refractivity contribution in [2.24, 2.45) is 0 Å².